The SMILES string of the molecule is CCOc1ccc(OCC)c(N2C(=O)CNC2=O)c1. The van der Waals surface area contributed by atoms with Crippen LogP contribution in [0.25, 0.3) is 0 Å². The Morgan fingerprint density at radius 3 is 2.53 bits per heavy atom. The molecule has 1 N–H and O–H groups in total. The zero-order valence-corrected chi connectivity index (χ0v) is 10.9. The van der Waals surface area contributed by atoms with E-state index in [2.05, 4.69) is 5.32 Å². The first kappa shape index (κ1) is 13.2. The maximum Gasteiger partial charge on any atom is 0.329 e. The molecule has 102 valence electrons. The Morgan fingerprint density at radius 1 is 1.21 bits per heavy atom. The van der Waals surface area contributed by atoms with Gasteiger partial charge in [-0.05, 0) is 26.0 Å². The van der Waals surface area contributed by atoms with Gasteiger partial charge in [0.05, 0.1) is 25.4 Å². The van der Waals surface area contributed by atoms with E-state index in [9.17, 15) is 9.59 Å². The van der Waals surface area contributed by atoms with Gasteiger partial charge in [-0.25, -0.2) is 9.69 Å². The summed E-state index contributed by atoms with van der Waals surface area (Å²) in [6, 6.07) is 4.63. The number of rotatable bonds is 5. The van der Waals surface area contributed by atoms with Crippen molar-refractivity contribution in [3.63, 3.8) is 0 Å². The van der Waals surface area contributed by atoms with Crippen LogP contribution in [0.5, 0.6) is 11.5 Å². The summed E-state index contributed by atoms with van der Waals surface area (Å²) in [6.45, 7) is 4.66. The molecular weight excluding hydrogens is 248 g/mol. The molecule has 0 bridgehead atoms. The summed E-state index contributed by atoms with van der Waals surface area (Å²) in [5.74, 6) is 0.768. The molecule has 0 spiro atoms. The third kappa shape index (κ3) is 2.62. The number of benzene rings is 1. The average Bonchev–Trinajstić information content (AvgIpc) is 2.72. The summed E-state index contributed by atoms with van der Waals surface area (Å²) in [5, 5.41) is 2.48. The van der Waals surface area contributed by atoms with E-state index in [1.165, 1.54) is 0 Å². The van der Waals surface area contributed by atoms with Gasteiger partial charge in [0, 0.05) is 6.07 Å². The zero-order chi connectivity index (χ0) is 13.8. The lowest BCUT2D eigenvalue weighted by atomic mass is 10.2. The molecule has 0 aliphatic carbocycles. The van der Waals surface area contributed by atoms with Crippen molar-refractivity contribution >= 4 is 17.6 Å². The Kier molecular flexibility index (Phi) is 3.89. The minimum absolute atomic E-state index is 0.00323. The molecule has 0 atom stereocenters. The highest BCUT2D eigenvalue weighted by atomic mass is 16.5. The number of carbonyl (C=O) groups excluding carboxylic acids is 2. The second-order valence-corrected chi connectivity index (χ2v) is 3.88. The van der Waals surface area contributed by atoms with E-state index in [1.54, 1.807) is 18.2 Å². The molecule has 19 heavy (non-hydrogen) atoms. The van der Waals surface area contributed by atoms with E-state index >= 15 is 0 Å². The summed E-state index contributed by atoms with van der Waals surface area (Å²) < 4.78 is 10.8. The van der Waals surface area contributed by atoms with Gasteiger partial charge in [0.15, 0.2) is 0 Å². The Labute approximate surface area is 111 Å². The fourth-order valence-electron chi connectivity index (χ4n) is 1.87. The van der Waals surface area contributed by atoms with Crippen LogP contribution in [0, 0.1) is 0 Å². The molecule has 1 saturated heterocycles. The highest BCUT2D eigenvalue weighted by molar-refractivity contribution is 6.20. The van der Waals surface area contributed by atoms with Gasteiger partial charge >= 0.3 is 6.03 Å². The van der Waals surface area contributed by atoms with Crippen molar-refractivity contribution in [3.8, 4) is 11.5 Å². The van der Waals surface area contributed by atoms with Crippen LogP contribution in [-0.2, 0) is 4.79 Å². The van der Waals surface area contributed by atoms with Crippen LogP contribution in [0.15, 0.2) is 18.2 Å². The lowest BCUT2D eigenvalue weighted by molar-refractivity contribution is -0.115. The molecule has 0 saturated carbocycles. The number of hydrogen-bond acceptors (Lipinski definition) is 4. The first-order valence-corrected chi connectivity index (χ1v) is 6.17. The molecule has 1 aliphatic rings. The van der Waals surface area contributed by atoms with Gasteiger partial charge in [-0.2, -0.15) is 0 Å². The van der Waals surface area contributed by atoms with Gasteiger partial charge < -0.3 is 14.8 Å². The third-order valence-corrected chi connectivity index (χ3v) is 2.63. The van der Waals surface area contributed by atoms with Gasteiger partial charge in [-0.1, -0.05) is 0 Å². The van der Waals surface area contributed by atoms with Crippen LogP contribution in [0.3, 0.4) is 0 Å². The summed E-state index contributed by atoms with van der Waals surface area (Å²) in [7, 11) is 0. The maximum absolute atomic E-state index is 11.8. The first-order chi connectivity index (χ1) is 9.17. The van der Waals surface area contributed by atoms with Crippen LogP contribution >= 0.6 is 0 Å². The van der Waals surface area contributed by atoms with E-state index < -0.39 is 6.03 Å². The van der Waals surface area contributed by atoms with Crippen molar-refractivity contribution in [2.45, 2.75) is 13.8 Å². The summed E-state index contributed by atoms with van der Waals surface area (Å²) >= 11 is 0. The van der Waals surface area contributed by atoms with Crippen molar-refractivity contribution < 1.29 is 19.1 Å². The van der Waals surface area contributed by atoms with Crippen molar-refractivity contribution in [2.24, 2.45) is 0 Å². The number of carbonyl (C=O) groups is 2. The Hall–Kier alpha value is -2.24. The second-order valence-electron chi connectivity index (χ2n) is 3.88. The molecule has 0 radical (unpaired) electrons. The van der Waals surface area contributed by atoms with Crippen molar-refractivity contribution in [2.75, 3.05) is 24.7 Å². The lowest BCUT2D eigenvalue weighted by Gasteiger charge is -2.18. The van der Waals surface area contributed by atoms with E-state index in [0.29, 0.717) is 30.4 Å². The van der Waals surface area contributed by atoms with E-state index in [-0.39, 0.29) is 12.5 Å². The molecule has 1 aromatic rings. The molecule has 1 heterocycles. The van der Waals surface area contributed by atoms with Crippen LogP contribution in [0.2, 0.25) is 0 Å². The van der Waals surface area contributed by atoms with Gasteiger partial charge in [0.2, 0.25) is 0 Å². The van der Waals surface area contributed by atoms with Gasteiger partial charge in [0.25, 0.3) is 5.91 Å². The molecule has 1 aliphatic heterocycles. The van der Waals surface area contributed by atoms with Gasteiger partial charge in [-0.3, -0.25) is 4.79 Å². The van der Waals surface area contributed by atoms with Crippen LogP contribution in [0.1, 0.15) is 13.8 Å². The molecular formula is C13H16N2O4. The van der Waals surface area contributed by atoms with E-state index in [0.717, 1.165) is 4.90 Å². The first-order valence-electron chi connectivity index (χ1n) is 6.17. The smallest absolute Gasteiger partial charge is 0.329 e. The Morgan fingerprint density at radius 2 is 1.95 bits per heavy atom. The molecule has 6 heteroatoms. The number of nitrogens with zero attached hydrogens (tertiary/aromatic N) is 1. The molecule has 1 fully saturated rings. The topological polar surface area (TPSA) is 67.9 Å². The average molecular weight is 264 g/mol. The van der Waals surface area contributed by atoms with Gasteiger partial charge in [-0.15, -0.1) is 0 Å². The number of ether oxygens (including phenoxy) is 2. The van der Waals surface area contributed by atoms with E-state index in [4.69, 9.17) is 9.47 Å². The predicted octanol–water partition coefficient (Wildman–Crippen LogP) is 1.54. The summed E-state index contributed by atoms with van der Waals surface area (Å²) in [6.07, 6.45) is 0. The highest BCUT2D eigenvalue weighted by Gasteiger charge is 2.32. The Balaban J connectivity index is 2.41. The zero-order valence-electron chi connectivity index (χ0n) is 10.9. The van der Waals surface area contributed by atoms with Crippen molar-refractivity contribution in [1.82, 2.24) is 5.32 Å². The standard InChI is InChI=1S/C13H16N2O4/c1-3-18-9-5-6-11(19-4-2)10(7-9)15-12(16)8-14-13(15)17/h5-7H,3-4,8H2,1-2H3,(H,14,17). The molecule has 1 aromatic carbocycles. The number of imide groups is 1. The number of amides is 3. The largest absolute Gasteiger partial charge is 0.494 e. The van der Waals surface area contributed by atoms with Crippen molar-refractivity contribution in [1.29, 1.82) is 0 Å². The number of anilines is 1. The summed E-state index contributed by atoms with van der Waals surface area (Å²) in [4.78, 5) is 24.5. The fourth-order valence-corrected chi connectivity index (χ4v) is 1.87. The molecule has 2 rings (SSSR count). The normalized spacial score (nSPS) is 14.5. The fraction of sp³-hybridized carbons (Fsp3) is 0.385. The second kappa shape index (κ2) is 5.60. The monoisotopic (exact) mass is 264 g/mol. The van der Waals surface area contributed by atoms with Crippen molar-refractivity contribution in [3.05, 3.63) is 18.2 Å². The minimum atomic E-state index is -0.445. The predicted molar refractivity (Wildman–Crippen MR) is 69.7 cm³/mol. The lowest BCUT2D eigenvalue weighted by Crippen LogP contribution is -2.31. The quantitative estimate of drug-likeness (QED) is 0.819. The number of nitrogens with one attached hydrogen (secondary N) is 1. The molecule has 0 aromatic heterocycles. The molecule has 6 nitrogen and oxygen atoms in total. The summed E-state index contributed by atoms with van der Waals surface area (Å²) in [5.41, 5.74) is 0.410. The minimum Gasteiger partial charge on any atom is -0.494 e. The number of urea groups is 1. The number of hydrogen-bond donors (Lipinski definition) is 1. The third-order valence-electron chi connectivity index (χ3n) is 2.63. The van der Waals surface area contributed by atoms with Gasteiger partial charge in [0.1, 0.15) is 11.5 Å². The highest BCUT2D eigenvalue weighted by Crippen LogP contribution is 2.33. The van der Waals surface area contributed by atoms with Crippen LogP contribution in [-0.4, -0.2) is 31.7 Å². The molecule has 3 amide bonds. The van der Waals surface area contributed by atoms with E-state index in [1.807, 2.05) is 13.8 Å². The maximum atomic E-state index is 11.8. The van der Waals surface area contributed by atoms with Crippen LogP contribution < -0.4 is 19.7 Å². The molecule has 0 unspecified atom stereocenters. The Bertz CT molecular complexity index is 485. The van der Waals surface area contributed by atoms with Crippen LogP contribution in [0.4, 0.5) is 10.5 Å².